The van der Waals surface area contributed by atoms with Crippen LogP contribution in [-0.2, 0) is 24.5 Å². The molecule has 0 aliphatic heterocycles. The largest absolute Gasteiger partial charge is 0.481 e. The molecule has 7 rings (SSSR count). The van der Waals surface area contributed by atoms with E-state index in [9.17, 15) is 19.5 Å². The number of carbonyl (C=O) groups is 3. The van der Waals surface area contributed by atoms with Gasteiger partial charge < -0.3 is 14.3 Å². The number of hydrogen-bond acceptors (Lipinski definition) is 9. The molecule has 2 aromatic rings. The van der Waals surface area contributed by atoms with Crippen LogP contribution in [0.25, 0.3) is 11.7 Å². The number of ether oxygens (including phenoxy) is 1. The van der Waals surface area contributed by atoms with Crippen LogP contribution in [0, 0.1) is 50.7 Å². The van der Waals surface area contributed by atoms with Crippen LogP contribution in [0.15, 0.2) is 28.0 Å². The molecule has 10 nitrogen and oxygen atoms in total. The second kappa shape index (κ2) is 12.2. The maximum atomic E-state index is 14.1. The smallest absolute Gasteiger partial charge is 0.309 e. The molecule has 0 amide bonds. The maximum absolute atomic E-state index is 14.1. The number of aromatic nitrogens is 4. The molecule has 11 heteroatoms. The summed E-state index contributed by atoms with van der Waals surface area (Å²) in [7, 11) is 0. The average Bonchev–Trinajstić information content (AvgIpc) is 3.66. The molecular formula is C41H55ClN4O6. The Morgan fingerprint density at radius 3 is 2.31 bits per heavy atom. The number of fused-ring (bicyclic) bond motifs is 7. The van der Waals surface area contributed by atoms with Crippen molar-refractivity contribution in [1.29, 1.82) is 0 Å². The van der Waals surface area contributed by atoms with Gasteiger partial charge >= 0.3 is 11.9 Å². The van der Waals surface area contributed by atoms with Crippen LogP contribution in [-0.4, -0.2) is 49.1 Å². The van der Waals surface area contributed by atoms with Crippen molar-refractivity contribution in [2.45, 2.75) is 138 Å². The van der Waals surface area contributed by atoms with Crippen LogP contribution in [0.4, 0.5) is 0 Å². The van der Waals surface area contributed by atoms with Gasteiger partial charge in [0.1, 0.15) is 6.10 Å². The third-order valence-electron chi connectivity index (χ3n) is 15.5. The van der Waals surface area contributed by atoms with Gasteiger partial charge in [-0.2, -0.15) is 0 Å². The topological polar surface area (TPSA) is 145 Å². The highest BCUT2D eigenvalue weighted by atomic mass is 35.5. The summed E-state index contributed by atoms with van der Waals surface area (Å²) in [5.41, 5.74) is 0.141. The first-order chi connectivity index (χ1) is 24.2. The summed E-state index contributed by atoms with van der Waals surface area (Å²) in [6.07, 6.45) is 10.6. The molecule has 5 aliphatic rings. The number of hydrogen-bond donors (Lipinski definition) is 1. The normalized spacial score (nSPS) is 36.9. The van der Waals surface area contributed by atoms with Gasteiger partial charge in [0, 0.05) is 24.2 Å². The third-order valence-corrected chi connectivity index (χ3v) is 15.7. The van der Waals surface area contributed by atoms with Crippen LogP contribution in [0.5, 0.6) is 0 Å². The third kappa shape index (κ3) is 5.26. The second-order valence-electron chi connectivity index (χ2n) is 19.1. The number of carboxylic acids is 1. The van der Waals surface area contributed by atoms with Crippen LogP contribution in [0.3, 0.4) is 0 Å². The highest BCUT2D eigenvalue weighted by Crippen LogP contribution is 2.76. The van der Waals surface area contributed by atoms with Crippen LogP contribution in [0.2, 0.25) is 5.02 Å². The molecule has 0 radical (unpaired) electrons. The highest BCUT2D eigenvalue weighted by molar-refractivity contribution is 6.30. The first kappa shape index (κ1) is 37.2. The maximum Gasteiger partial charge on any atom is 0.309 e. The number of allylic oxidation sites excluding steroid dienone is 2. The number of esters is 1. The Hall–Kier alpha value is -3.14. The Balaban J connectivity index is 1.20. The molecule has 52 heavy (non-hydrogen) atoms. The van der Waals surface area contributed by atoms with Crippen molar-refractivity contribution in [2.75, 3.05) is 0 Å². The summed E-state index contributed by atoms with van der Waals surface area (Å²) >= 11 is 6.04. The molecule has 0 aromatic carbocycles. The lowest BCUT2D eigenvalue weighted by Gasteiger charge is -2.72. The van der Waals surface area contributed by atoms with Gasteiger partial charge in [0.05, 0.1) is 22.3 Å². The minimum absolute atomic E-state index is 0.0241. The molecule has 4 saturated carbocycles. The predicted molar refractivity (Wildman–Crippen MR) is 195 cm³/mol. The Morgan fingerprint density at radius 1 is 0.962 bits per heavy atom. The van der Waals surface area contributed by atoms with Gasteiger partial charge in [-0.25, -0.2) is 9.97 Å². The summed E-state index contributed by atoms with van der Waals surface area (Å²) in [6, 6.07) is 0. The second-order valence-corrected chi connectivity index (χ2v) is 19.6. The van der Waals surface area contributed by atoms with Gasteiger partial charge in [-0.05, 0) is 116 Å². The zero-order valence-electron chi connectivity index (χ0n) is 32.3. The number of carbonyl (C=O) groups excluding carboxylic acids is 2. The molecular weight excluding hydrogens is 680 g/mol. The minimum Gasteiger partial charge on any atom is -0.481 e. The number of nitrogens with zero attached hydrogens (tertiary/aromatic N) is 4. The summed E-state index contributed by atoms with van der Waals surface area (Å²) in [5.74, 6) is 0.906. The molecule has 0 saturated heterocycles. The van der Waals surface area contributed by atoms with E-state index < -0.39 is 22.8 Å². The van der Waals surface area contributed by atoms with E-state index in [-0.39, 0.29) is 57.7 Å². The van der Waals surface area contributed by atoms with E-state index >= 15 is 0 Å². The number of Topliss-reactive ketones (excluding diaryl/α,β-unsaturated/α-hetero) is 1. The van der Waals surface area contributed by atoms with Gasteiger partial charge in [-0.15, -0.1) is 10.2 Å². The summed E-state index contributed by atoms with van der Waals surface area (Å²) in [6.45, 7) is 19.5. The number of carboxylic acid groups (broad SMARTS) is 1. The zero-order valence-corrected chi connectivity index (χ0v) is 33.0. The van der Waals surface area contributed by atoms with E-state index in [0.717, 1.165) is 56.9 Å². The lowest BCUT2D eigenvalue weighted by Crippen LogP contribution is -2.66. The monoisotopic (exact) mass is 734 g/mol. The van der Waals surface area contributed by atoms with Crippen molar-refractivity contribution in [3.05, 3.63) is 34.5 Å². The van der Waals surface area contributed by atoms with Crippen molar-refractivity contribution in [1.82, 2.24) is 20.2 Å². The predicted octanol–water partition coefficient (Wildman–Crippen LogP) is 8.82. The summed E-state index contributed by atoms with van der Waals surface area (Å²) in [4.78, 5) is 47.5. The molecule has 4 fully saturated rings. The molecule has 1 N–H and O–H groups in total. The fourth-order valence-electron chi connectivity index (χ4n) is 12.6. The van der Waals surface area contributed by atoms with Crippen molar-refractivity contribution in [2.24, 2.45) is 50.7 Å². The molecule has 2 aromatic heterocycles. The van der Waals surface area contributed by atoms with E-state index in [1.165, 1.54) is 18.0 Å². The zero-order chi connectivity index (χ0) is 37.8. The molecule has 2 heterocycles. The Bertz CT molecular complexity index is 1830. The lowest BCUT2D eigenvalue weighted by molar-refractivity contribution is -0.232. The van der Waals surface area contributed by atoms with E-state index in [1.807, 2.05) is 0 Å². The quantitative estimate of drug-likeness (QED) is 0.274. The van der Waals surface area contributed by atoms with E-state index in [4.69, 9.17) is 20.8 Å². The van der Waals surface area contributed by atoms with Crippen molar-refractivity contribution in [3.8, 4) is 11.7 Å². The first-order valence-corrected chi connectivity index (χ1v) is 19.6. The summed E-state index contributed by atoms with van der Waals surface area (Å²) in [5, 5.41) is 19.0. The molecule has 0 spiro atoms. The fourth-order valence-corrected chi connectivity index (χ4v) is 12.7. The molecule has 1 unspecified atom stereocenters. The van der Waals surface area contributed by atoms with Crippen molar-refractivity contribution >= 4 is 29.3 Å². The fraction of sp³-hybridized carbons (Fsp3) is 0.732. The van der Waals surface area contributed by atoms with Gasteiger partial charge in [-0.3, -0.25) is 14.4 Å². The Labute approximate surface area is 312 Å². The van der Waals surface area contributed by atoms with Crippen LogP contribution >= 0.6 is 11.6 Å². The number of aliphatic carboxylic acids is 1. The van der Waals surface area contributed by atoms with Gasteiger partial charge in [-0.1, -0.05) is 60.1 Å². The standard InChI is InChI=1S/C41H55ClN4O6/c1-22(2)30-25(47)18-41(34-46-45-33(52-34)32-43-20-23(42)21-44-32)17-16-39(8)24(31(30)41)10-11-27-38(7)14-13-28(51-29(48)19-36(3,4)35(49)50)37(5,6)26(38)12-15-40(27,39)9/h20-22,24,26-28H,10-19H2,1-9H3,(H,49,50)/t24-,26?,27-,28+,38+,39-,40-,41-/m1/s1. The van der Waals surface area contributed by atoms with Crippen molar-refractivity contribution < 1.29 is 28.6 Å². The van der Waals surface area contributed by atoms with E-state index in [0.29, 0.717) is 35.0 Å². The van der Waals surface area contributed by atoms with Gasteiger partial charge in [0.2, 0.25) is 11.7 Å². The first-order valence-electron chi connectivity index (χ1n) is 19.2. The van der Waals surface area contributed by atoms with Crippen LogP contribution < -0.4 is 0 Å². The number of rotatable bonds is 7. The van der Waals surface area contributed by atoms with Gasteiger partial charge in [0.15, 0.2) is 5.78 Å². The molecule has 0 bridgehead atoms. The average molecular weight is 735 g/mol. The molecule has 282 valence electrons. The lowest BCUT2D eigenvalue weighted by atomic mass is 9.33. The number of halogens is 1. The van der Waals surface area contributed by atoms with Gasteiger partial charge in [0.25, 0.3) is 5.89 Å². The van der Waals surface area contributed by atoms with E-state index in [1.54, 1.807) is 13.8 Å². The molecule has 8 atom stereocenters. The van der Waals surface area contributed by atoms with E-state index in [2.05, 4.69) is 68.6 Å². The highest BCUT2D eigenvalue weighted by Gasteiger charge is 2.71. The Kier molecular flexibility index (Phi) is 8.72. The van der Waals surface area contributed by atoms with Crippen LogP contribution in [0.1, 0.15) is 132 Å². The van der Waals surface area contributed by atoms with Crippen molar-refractivity contribution in [3.63, 3.8) is 0 Å². The summed E-state index contributed by atoms with van der Waals surface area (Å²) < 4.78 is 12.6. The Morgan fingerprint density at radius 2 is 1.65 bits per heavy atom. The SMILES string of the molecule is CC(C)C1=C2[C@H]3CC[C@@H]4[C@@]5(C)CC[C@H](OC(=O)CC(C)(C)C(=O)O)C(C)(C)C5CC[C@@]4(C)[C@]3(C)CC[C@@]2(c2nnc(-c3ncc(Cl)cn3)o2)CC1=O. The molecule has 5 aliphatic carbocycles. The number of ketones is 1. The minimum atomic E-state index is -1.17.